The van der Waals surface area contributed by atoms with Gasteiger partial charge in [-0.05, 0) is 55.1 Å². The molecule has 2 aromatic carbocycles. The second kappa shape index (κ2) is 7.77. The second-order valence-electron chi connectivity index (χ2n) is 6.72. The lowest BCUT2D eigenvalue weighted by Crippen LogP contribution is -2.33. The Labute approximate surface area is 154 Å². The summed E-state index contributed by atoms with van der Waals surface area (Å²) in [4.78, 5) is 2.54. The van der Waals surface area contributed by atoms with Crippen LogP contribution in [-0.4, -0.2) is 26.4 Å². The van der Waals surface area contributed by atoms with Crippen molar-refractivity contribution >= 4 is 27.3 Å². The fourth-order valence-electron chi connectivity index (χ4n) is 3.24. The average Bonchev–Trinajstić information content (AvgIpc) is 2.57. The van der Waals surface area contributed by atoms with E-state index in [4.69, 9.17) is 11.6 Å². The first-order valence-electron chi connectivity index (χ1n) is 8.53. The number of anilines is 1. The highest BCUT2D eigenvalue weighted by atomic mass is 35.5. The molecule has 6 heteroatoms. The minimum Gasteiger partial charge on any atom is -0.299 e. The molecule has 0 bridgehead atoms. The Kier molecular flexibility index (Phi) is 5.67. The van der Waals surface area contributed by atoms with Gasteiger partial charge in [0.05, 0.1) is 5.02 Å². The zero-order valence-corrected chi connectivity index (χ0v) is 15.9. The van der Waals surface area contributed by atoms with E-state index >= 15 is 0 Å². The minimum absolute atomic E-state index is 0.0862. The van der Waals surface area contributed by atoms with Gasteiger partial charge < -0.3 is 0 Å². The van der Waals surface area contributed by atoms with E-state index in [1.807, 2.05) is 12.1 Å². The lowest BCUT2D eigenvalue weighted by molar-refractivity contribution is 0.176. The Morgan fingerprint density at radius 2 is 1.88 bits per heavy atom. The number of nitrogens with one attached hydrogen (secondary N) is 1. The third-order valence-electron chi connectivity index (χ3n) is 4.48. The van der Waals surface area contributed by atoms with Crippen LogP contribution in [0.4, 0.5) is 5.69 Å². The maximum atomic E-state index is 12.5. The zero-order valence-electron chi connectivity index (χ0n) is 14.3. The molecule has 134 valence electrons. The van der Waals surface area contributed by atoms with Crippen molar-refractivity contribution in [3.8, 4) is 0 Å². The monoisotopic (exact) mass is 378 g/mol. The van der Waals surface area contributed by atoms with Gasteiger partial charge in [-0.25, -0.2) is 8.42 Å². The molecule has 0 amide bonds. The minimum atomic E-state index is -3.68. The Morgan fingerprint density at radius 3 is 2.56 bits per heavy atom. The molecule has 0 unspecified atom stereocenters. The highest BCUT2D eigenvalue weighted by Gasteiger charge is 2.18. The van der Waals surface area contributed by atoms with Crippen molar-refractivity contribution < 1.29 is 8.42 Å². The number of rotatable bonds is 5. The van der Waals surface area contributed by atoms with Gasteiger partial charge in [0.15, 0.2) is 0 Å². The highest BCUT2D eigenvalue weighted by Crippen LogP contribution is 2.24. The molecule has 1 aliphatic rings. The fraction of sp³-hybridized carbons (Fsp3) is 0.368. The van der Waals surface area contributed by atoms with Gasteiger partial charge in [-0.1, -0.05) is 42.8 Å². The molecule has 4 nitrogen and oxygen atoms in total. The first-order chi connectivity index (χ1) is 11.9. The molecule has 0 aromatic heterocycles. The molecule has 1 heterocycles. The summed E-state index contributed by atoms with van der Waals surface area (Å²) >= 11 is 6.00. The maximum absolute atomic E-state index is 12.5. The molecule has 0 radical (unpaired) electrons. The Hall–Kier alpha value is -1.56. The quantitative estimate of drug-likeness (QED) is 0.840. The second-order valence-corrected chi connectivity index (χ2v) is 8.77. The van der Waals surface area contributed by atoms with Crippen molar-refractivity contribution in [1.82, 2.24) is 4.90 Å². The summed E-state index contributed by atoms with van der Waals surface area (Å²) in [5.41, 5.74) is 1.73. The molecule has 1 aliphatic heterocycles. The van der Waals surface area contributed by atoms with Crippen molar-refractivity contribution in [3.63, 3.8) is 0 Å². The molecule has 3 rings (SSSR count). The Balaban J connectivity index is 1.67. The lowest BCUT2D eigenvalue weighted by Gasteiger charge is -2.30. The summed E-state index contributed by atoms with van der Waals surface area (Å²) in [5.74, 6) is 0.746. The van der Waals surface area contributed by atoms with E-state index < -0.39 is 10.0 Å². The molecule has 2 aromatic rings. The van der Waals surface area contributed by atoms with E-state index in [0.717, 1.165) is 25.6 Å². The lowest BCUT2D eigenvalue weighted by atomic mass is 10.00. The van der Waals surface area contributed by atoms with Crippen LogP contribution in [0.5, 0.6) is 0 Å². The van der Waals surface area contributed by atoms with Crippen LogP contribution in [0.25, 0.3) is 0 Å². The summed E-state index contributed by atoms with van der Waals surface area (Å²) in [5, 5.41) is 0.214. The van der Waals surface area contributed by atoms with Crippen LogP contribution < -0.4 is 4.72 Å². The van der Waals surface area contributed by atoms with Crippen LogP contribution in [0.3, 0.4) is 0 Å². The maximum Gasteiger partial charge on any atom is 0.263 e. The van der Waals surface area contributed by atoms with Gasteiger partial charge in [-0.15, -0.1) is 0 Å². The molecular formula is C19H23ClN2O2S. The number of hydrogen-bond acceptors (Lipinski definition) is 3. The third-order valence-corrected chi connectivity index (χ3v) is 6.36. The fourth-order valence-corrected chi connectivity index (χ4v) is 4.82. The molecular weight excluding hydrogens is 356 g/mol. The SMILES string of the molecule is C[C@@H]1CCCN(Cc2ccc(NS(=O)(=O)c3ccccc3Cl)cc2)C1. The van der Waals surface area contributed by atoms with Gasteiger partial charge in [0, 0.05) is 18.8 Å². The first-order valence-corrected chi connectivity index (χ1v) is 10.4. The molecule has 0 spiro atoms. The Morgan fingerprint density at radius 1 is 1.16 bits per heavy atom. The van der Waals surface area contributed by atoms with E-state index in [0.29, 0.717) is 5.69 Å². The first kappa shape index (κ1) is 18.2. The van der Waals surface area contributed by atoms with E-state index in [9.17, 15) is 8.42 Å². The number of hydrogen-bond donors (Lipinski definition) is 1. The van der Waals surface area contributed by atoms with Gasteiger partial charge in [-0.3, -0.25) is 9.62 Å². The molecule has 0 aliphatic carbocycles. The summed E-state index contributed by atoms with van der Waals surface area (Å²) in [6.45, 7) is 5.45. The molecule has 25 heavy (non-hydrogen) atoms. The van der Waals surface area contributed by atoms with Crippen molar-refractivity contribution in [3.05, 3.63) is 59.1 Å². The molecule has 1 saturated heterocycles. The van der Waals surface area contributed by atoms with Crippen molar-refractivity contribution in [2.24, 2.45) is 5.92 Å². The van der Waals surface area contributed by atoms with Crippen molar-refractivity contribution in [2.45, 2.75) is 31.2 Å². The van der Waals surface area contributed by atoms with Crippen molar-refractivity contribution in [2.75, 3.05) is 17.8 Å². The van der Waals surface area contributed by atoms with Crippen LogP contribution in [0, 0.1) is 5.92 Å². The van der Waals surface area contributed by atoms with Crippen LogP contribution in [0.2, 0.25) is 5.02 Å². The van der Waals surface area contributed by atoms with Crippen LogP contribution >= 0.6 is 11.6 Å². The van der Waals surface area contributed by atoms with E-state index in [-0.39, 0.29) is 9.92 Å². The largest absolute Gasteiger partial charge is 0.299 e. The highest BCUT2D eigenvalue weighted by molar-refractivity contribution is 7.92. The molecule has 1 N–H and O–H groups in total. The predicted molar refractivity (Wildman–Crippen MR) is 102 cm³/mol. The predicted octanol–water partition coefficient (Wildman–Crippen LogP) is 4.37. The van der Waals surface area contributed by atoms with Gasteiger partial charge in [0.2, 0.25) is 0 Å². The summed E-state index contributed by atoms with van der Waals surface area (Å²) in [6.07, 6.45) is 2.55. The standard InChI is InChI=1S/C19H23ClN2O2S/c1-15-5-4-12-22(13-15)14-16-8-10-17(11-9-16)21-25(23,24)19-7-3-2-6-18(19)20/h2-3,6-11,15,21H,4-5,12-14H2,1H3/t15-/m1/s1. The van der Waals surface area contributed by atoms with Gasteiger partial charge in [0.1, 0.15) is 4.90 Å². The number of likely N-dealkylation sites (tertiary alicyclic amines) is 1. The zero-order chi connectivity index (χ0) is 17.9. The van der Waals surface area contributed by atoms with Crippen molar-refractivity contribution in [1.29, 1.82) is 0 Å². The van der Waals surface area contributed by atoms with Gasteiger partial charge in [0.25, 0.3) is 10.0 Å². The summed E-state index contributed by atoms with van der Waals surface area (Å²) in [6, 6.07) is 14.0. The smallest absolute Gasteiger partial charge is 0.263 e. The Bertz CT molecular complexity index is 822. The van der Waals surface area contributed by atoms with Crippen LogP contribution in [-0.2, 0) is 16.6 Å². The number of halogens is 1. The van der Waals surface area contributed by atoms with Crippen LogP contribution in [0.15, 0.2) is 53.4 Å². The number of nitrogens with zero attached hydrogens (tertiary/aromatic N) is 1. The molecule has 1 atom stereocenters. The van der Waals surface area contributed by atoms with Gasteiger partial charge in [-0.2, -0.15) is 0 Å². The molecule has 1 fully saturated rings. The third kappa shape index (κ3) is 4.75. The normalized spacial score (nSPS) is 18.9. The van der Waals surface area contributed by atoms with E-state index in [1.165, 1.54) is 24.5 Å². The molecule has 0 saturated carbocycles. The number of sulfonamides is 1. The summed E-state index contributed by atoms with van der Waals surface area (Å²) < 4.78 is 27.5. The average molecular weight is 379 g/mol. The number of piperidine rings is 1. The topological polar surface area (TPSA) is 49.4 Å². The summed E-state index contributed by atoms with van der Waals surface area (Å²) in [7, 11) is -3.68. The van der Waals surface area contributed by atoms with Gasteiger partial charge >= 0.3 is 0 Å². The number of benzene rings is 2. The van der Waals surface area contributed by atoms with Crippen LogP contribution in [0.1, 0.15) is 25.3 Å². The van der Waals surface area contributed by atoms with E-state index in [2.05, 4.69) is 16.5 Å². The van der Waals surface area contributed by atoms with E-state index in [1.54, 1.807) is 30.3 Å².